The van der Waals surface area contributed by atoms with Crippen molar-refractivity contribution < 1.29 is 14.1 Å². The van der Waals surface area contributed by atoms with Gasteiger partial charge in [0.05, 0.1) is 6.10 Å². The number of rotatable bonds is 6. The molecule has 3 aliphatic rings. The van der Waals surface area contributed by atoms with Crippen molar-refractivity contribution in [3.63, 3.8) is 0 Å². The average Bonchev–Trinajstić information content (AvgIpc) is 3.09. The van der Waals surface area contributed by atoms with Gasteiger partial charge >= 0.3 is 0 Å². The van der Waals surface area contributed by atoms with Gasteiger partial charge in [-0.05, 0) is 44.9 Å². The molecule has 1 aromatic heterocycles. The summed E-state index contributed by atoms with van der Waals surface area (Å²) in [6, 6.07) is 0.300. The van der Waals surface area contributed by atoms with Crippen molar-refractivity contribution in [2.75, 3.05) is 6.61 Å². The number of hydrogen-bond acceptors (Lipinski definition) is 5. The third-order valence-electron chi connectivity index (χ3n) is 5.35. The Morgan fingerprint density at radius 2 is 2.13 bits per heavy atom. The van der Waals surface area contributed by atoms with Gasteiger partial charge in [-0.1, -0.05) is 5.16 Å². The quantitative estimate of drug-likeness (QED) is 0.871. The summed E-state index contributed by atoms with van der Waals surface area (Å²) in [6.45, 7) is 0.849. The van der Waals surface area contributed by atoms with E-state index in [1.165, 1.54) is 12.8 Å². The summed E-state index contributed by atoms with van der Waals surface area (Å²) >= 11 is 0. The number of hydrogen-bond donors (Lipinski definition) is 1. The van der Waals surface area contributed by atoms with Gasteiger partial charge in [0.1, 0.15) is 0 Å². The number of amides is 1. The second-order valence-corrected chi connectivity index (χ2v) is 7.14. The molecular weight excluding hydrogens is 294 g/mol. The van der Waals surface area contributed by atoms with Crippen LogP contribution in [0.15, 0.2) is 4.52 Å². The summed E-state index contributed by atoms with van der Waals surface area (Å²) < 4.78 is 11.0. The first-order valence-electron chi connectivity index (χ1n) is 9.03. The lowest BCUT2D eigenvalue weighted by Crippen LogP contribution is -2.45. The SMILES string of the molecule is O=C(CCCc1nc(C2CC2)no1)N[C@@H]1CCC[C@H]2OCC[C@@H]12. The third kappa shape index (κ3) is 3.57. The molecule has 2 heterocycles. The monoisotopic (exact) mass is 319 g/mol. The molecule has 126 valence electrons. The zero-order valence-corrected chi connectivity index (χ0v) is 13.5. The van der Waals surface area contributed by atoms with Gasteiger partial charge in [0, 0.05) is 37.3 Å². The summed E-state index contributed by atoms with van der Waals surface area (Å²) in [5, 5.41) is 7.23. The van der Waals surface area contributed by atoms with Crippen LogP contribution in [0.5, 0.6) is 0 Å². The lowest BCUT2D eigenvalue weighted by Gasteiger charge is -2.33. The standard InChI is InChI=1S/C17H25N3O3/c21-15(18-13-3-1-4-14-12(13)9-10-22-14)5-2-6-16-19-17(20-23-16)11-7-8-11/h11-14H,1-10H2,(H,18,21)/t12-,13+,14+/m0/s1. The van der Waals surface area contributed by atoms with Gasteiger partial charge in [-0.25, -0.2) is 0 Å². The molecule has 1 amide bonds. The van der Waals surface area contributed by atoms with E-state index in [4.69, 9.17) is 9.26 Å². The maximum Gasteiger partial charge on any atom is 0.226 e. The maximum atomic E-state index is 12.2. The van der Waals surface area contributed by atoms with Gasteiger partial charge in [0.25, 0.3) is 0 Å². The van der Waals surface area contributed by atoms with Crippen LogP contribution in [0.1, 0.15) is 69.0 Å². The molecule has 3 atom stereocenters. The van der Waals surface area contributed by atoms with Gasteiger partial charge < -0.3 is 14.6 Å². The van der Waals surface area contributed by atoms with Crippen molar-refractivity contribution in [1.82, 2.24) is 15.5 Å². The Morgan fingerprint density at radius 1 is 1.22 bits per heavy atom. The fraction of sp³-hybridized carbons (Fsp3) is 0.824. The first-order chi connectivity index (χ1) is 11.3. The van der Waals surface area contributed by atoms with Crippen molar-refractivity contribution in [2.45, 2.75) is 75.9 Å². The van der Waals surface area contributed by atoms with E-state index < -0.39 is 0 Å². The van der Waals surface area contributed by atoms with E-state index in [0.29, 0.717) is 42.7 Å². The van der Waals surface area contributed by atoms with Crippen LogP contribution in [0, 0.1) is 5.92 Å². The van der Waals surface area contributed by atoms with Crippen molar-refractivity contribution in [1.29, 1.82) is 0 Å². The van der Waals surface area contributed by atoms with Crippen LogP contribution < -0.4 is 5.32 Å². The highest BCUT2D eigenvalue weighted by molar-refractivity contribution is 5.76. The first-order valence-corrected chi connectivity index (χ1v) is 9.03. The van der Waals surface area contributed by atoms with E-state index in [-0.39, 0.29) is 5.91 Å². The summed E-state index contributed by atoms with van der Waals surface area (Å²) in [5.41, 5.74) is 0. The molecule has 0 spiro atoms. The van der Waals surface area contributed by atoms with E-state index in [1.54, 1.807) is 0 Å². The number of aromatic nitrogens is 2. The highest BCUT2D eigenvalue weighted by Gasteiger charge is 2.38. The third-order valence-corrected chi connectivity index (χ3v) is 5.35. The zero-order valence-electron chi connectivity index (χ0n) is 13.5. The smallest absolute Gasteiger partial charge is 0.226 e. The largest absolute Gasteiger partial charge is 0.378 e. The molecule has 23 heavy (non-hydrogen) atoms. The number of carbonyl (C=O) groups is 1. The molecule has 6 heteroatoms. The van der Waals surface area contributed by atoms with Gasteiger partial charge in [-0.3, -0.25) is 4.79 Å². The molecule has 0 aromatic carbocycles. The fourth-order valence-corrected chi connectivity index (χ4v) is 3.91. The fourth-order valence-electron chi connectivity index (χ4n) is 3.91. The molecule has 4 rings (SSSR count). The second-order valence-electron chi connectivity index (χ2n) is 7.14. The topological polar surface area (TPSA) is 77.2 Å². The van der Waals surface area contributed by atoms with Crippen LogP contribution in [-0.4, -0.2) is 34.8 Å². The lowest BCUT2D eigenvalue weighted by atomic mass is 9.82. The van der Waals surface area contributed by atoms with Crippen LogP contribution in [0.4, 0.5) is 0 Å². The average molecular weight is 319 g/mol. The van der Waals surface area contributed by atoms with Crippen LogP contribution in [0.2, 0.25) is 0 Å². The molecule has 3 fully saturated rings. The zero-order chi connectivity index (χ0) is 15.6. The minimum atomic E-state index is 0.143. The second kappa shape index (κ2) is 6.59. The Hall–Kier alpha value is -1.43. The van der Waals surface area contributed by atoms with E-state index in [1.807, 2.05) is 0 Å². The first kappa shape index (κ1) is 15.1. The molecule has 2 aliphatic carbocycles. The number of nitrogens with one attached hydrogen (secondary N) is 1. The number of fused-ring (bicyclic) bond motifs is 1. The van der Waals surface area contributed by atoms with Gasteiger partial charge in [-0.2, -0.15) is 4.98 Å². The summed E-state index contributed by atoms with van der Waals surface area (Å²) in [6.07, 6.45) is 9.16. The van der Waals surface area contributed by atoms with Crippen LogP contribution in [0.25, 0.3) is 0 Å². The molecule has 0 radical (unpaired) electrons. The summed E-state index contributed by atoms with van der Waals surface area (Å²) in [5.74, 6) is 2.69. The minimum Gasteiger partial charge on any atom is -0.378 e. The Morgan fingerprint density at radius 3 is 3.00 bits per heavy atom. The molecule has 0 bridgehead atoms. The number of ether oxygens (including phenoxy) is 1. The van der Waals surface area contributed by atoms with Gasteiger partial charge in [0.2, 0.25) is 11.8 Å². The molecule has 1 aromatic rings. The maximum absolute atomic E-state index is 12.2. The number of nitrogens with zero attached hydrogens (tertiary/aromatic N) is 2. The minimum absolute atomic E-state index is 0.143. The van der Waals surface area contributed by atoms with E-state index in [0.717, 1.165) is 44.5 Å². The van der Waals surface area contributed by atoms with Crippen molar-refractivity contribution in [3.05, 3.63) is 11.7 Å². The van der Waals surface area contributed by atoms with Crippen LogP contribution in [-0.2, 0) is 16.0 Å². The Kier molecular flexibility index (Phi) is 4.33. The highest BCUT2D eigenvalue weighted by Crippen LogP contribution is 2.38. The molecule has 1 aliphatic heterocycles. The number of aryl methyl sites for hydroxylation is 1. The molecule has 6 nitrogen and oxygen atoms in total. The lowest BCUT2D eigenvalue weighted by molar-refractivity contribution is -0.122. The molecule has 0 unspecified atom stereocenters. The predicted molar refractivity (Wildman–Crippen MR) is 82.8 cm³/mol. The van der Waals surface area contributed by atoms with E-state index in [9.17, 15) is 4.79 Å². The van der Waals surface area contributed by atoms with Crippen LogP contribution in [0.3, 0.4) is 0 Å². The summed E-state index contributed by atoms with van der Waals surface area (Å²) in [4.78, 5) is 16.6. The summed E-state index contributed by atoms with van der Waals surface area (Å²) in [7, 11) is 0. The Balaban J connectivity index is 1.20. The van der Waals surface area contributed by atoms with E-state index in [2.05, 4.69) is 15.5 Å². The highest BCUT2D eigenvalue weighted by atomic mass is 16.5. The normalized spacial score (nSPS) is 30.2. The molecule has 1 saturated heterocycles. The van der Waals surface area contributed by atoms with Crippen molar-refractivity contribution in [3.8, 4) is 0 Å². The van der Waals surface area contributed by atoms with E-state index >= 15 is 0 Å². The van der Waals surface area contributed by atoms with Gasteiger partial charge in [0.15, 0.2) is 5.82 Å². The van der Waals surface area contributed by atoms with Crippen molar-refractivity contribution >= 4 is 5.91 Å². The Bertz CT molecular complexity index is 555. The Labute approximate surface area is 136 Å². The molecule has 1 N–H and O–H groups in total. The van der Waals surface area contributed by atoms with Crippen LogP contribution >= 0.6 is 0 Å². The van der Waals surface area contributed by atoms with Gasteiger partial charge in [-0.15, -0.1) is 0 Å². The molecular formula is C17H25N3O3. The molecule has 2 saturated carbocycles. The van der Waals surface area contributed by atoms with Crippen molar-refractivity contribution in [2.24, 2.45) is 5.92 Å². The predicted octanol–water partition coefficient (Wildman–Crippen LogP) is 2.34. The number of carbonyl (C=O) groups excluding carboxylic acids is 1.